The summed E-state index contributed by atoms with van der Waals surface area (Å²) in [6.45, 7) is 8.29. The molecule has 19 heavy (non-hydrogen) atoms. The SMILES string of the molecule is CNCC(OCCC(C)(C)C)c1ccc(OC)cc1. The fourth-order valence-corrected chi connectivity index (χ4v) is 1.78. The molecule has 1 rings (SSSR count). The predicted octanol–water partition coefficient (Wildman–Crippen LogP) is 3.41. The summed E-state index contributed by atoms with van der Waals surface area (Å²) in [7, 11) is 3.63. The summed E-state index contributed by atoms with van der Waals surface area (Å²) >= 11 is 0. The normalized spacial score (nSPS) is 13.3. The minimum absolute atomic E-state index is 0.0956. The Hall–Kier alpha value is -1.06. The molecule has 1 atom stereocenters. The minimum atomic E-state index is 0.0956. The highest BCUT2D eigenvalue weighted by atomic mass is 16.5. The molecule has 0 aliphatic rings. The lowest BCUT2D eigenvalue weighted by Gasteiger charge is -2.22. The van der Waals surface area contributed by atoms with Crippen LogP contribution in [0.15, 0.2) is 24.3 Å². The number of ether oxygens (including phenoxy) is 2. The van der Waals surface area contributed by atoms with E-state index in [1.165, 1.54) is 5.56 Å². The van der Waals surface area contributed by atoms with Gasteiger partial charge in [-0.15, -0.1) is 0 Å². The molecular formula is C16H27NO2. The first kappa shape index (κ1) is 16.0. The summed E-state index contributed by atoms with van der Waals surface area (Å²) in [4.78, 5) is 0. The molecule has 0 saturated heterocycles. The highest BCUT2D eigenvalue weighted by Crippen LogP contribution is 2.23. The zero-order chi connectivity index (χ0) is 14.3. The Labute approximate surface area is 117 Å². The lowest BCUT2D eigenvalue weighted by molar-refractivity contribution is 0.0381. The van der Waals surface area contributed by atoms with Gasteiger partial charge in [-0.2, -0.15) is 0 Å². The minimum Gasteiger partial charge on any atom is -0.497 e. The van der Waals surface area contributed by atoms with Crippen molar-refractivity contribution >= 4 is 0 Å². The van der Waals surface area contributed by atoms with Crippen LogP contribution in [0.5, 0.6) is 5.75 Å². The van der Waals surface area contributed by atoms with E-state index in [4.69, 9.17) is 9.47 Å². The van der Waals surface area contributed by atoms with E-state index in [9.17, 15) is 0 Å². The van der Waals surface area contributed by atoms with Gasteiger partial charge in [0.05, 0.1) is 13.2 Å². The van der Waals surface area contributed by atoms with Crippen LogP contribution in [0.1, 0.15) is 38.9 Å². The average molecular weight is 265 g/mol. The molecule has 0 bridgehead atoms. The summed E-state index contributed by atoms with van der Waals surface area (Å²) in [6, 6.07) is 8.09. The van der Waals surface area contributed by atoms with E-state index >= 15 is 0 Å². The molecule has 0 amide bonds. The topological polar surface area (TPSA) is 30.5 Å². The maximum atomic E-state index is 6.01. The first-order valence-electron chi connectivity index (χ1n) is 6.86. The lowest BCUT2D eigenvalue weighted by Crippen LogP contribution is -2.21. The number of methoxy groups -OCH3 is 1. The second-order valence-corrected chi connectivity index (χ2v) is 6.00. The highest BCUT2D eigenvalue weighted by molar-refractivity contribution is 5.28. The summed E-state index contributed by atoms with van der Waals surface area (Å²) in [5.74, 6) is 0.877. The Morgan fingerprint density at radius 1 is 1.16 bits per heavy atom. The van der Waals surface area contributed by atoms with Gasteiger partial charge < -0.3 is 14.8 Å². The van der Waals surface area contributed by atoms with Gasteiger partial charge in [-0.3, -0.25) is 0 Å². The van der Waals surface area contributed by atoms with E-state index in [1.54, 1.807) is 7.11 Å². The molecule has 0 saturated carbocycles. The van der Waals surface area contributed by atoms with Crippen molar-refractivity contribution in [3.05, 3.63) is 29.8 Å². The molecule has 1 N–H and O–H groups in total. The fraction of sp³-hybridized carbons (Fsp3) is 0.625. The molecule has 0 aliphatic carbocycles. The van der Waals surface area contributed by atoms with E-state index in [0.29, 0.717) is 5.41 Å². The van der Waals surface area contributed by atoms with Crippen LogP contribution in [0.25, 0.3) is 0 Å². The second-order valence-electron chi connectivity index (χ2n) is 6.00. The van der Waals surface area contributed by atoms with Crippen molar-refractivity contribution in [2.24, 2.45) is 5.41 Å². The number of rotatable bonds is 7. The van der Waals surface area contributed by atoms with Gasteiger partial charge in [0, 0.05) is 13.2 Å². The Morgan fingerprint density at radius 3 is 2.26 bits per heavy atom. The van der Waals surface area contributed by atoms with E-state index < -0.39 is 0 Å². The number of likely N-dealkylation sites (N-methyl/N-ethyl adjacent to an activating group) is 1. The van der Waals surface area contributed by atoms with Crippen LogP contribution >= 0.6 is 0 Å². The fourth-order valence-electron chi connectivity index (χ4n) is 1.78. The molecule has 3 nitrogen and oxygen atoms in total. The van der Waals surface area contributed by atoms with Gasteiger partial charge in [-0.05, 0) is 36.6 Å². The summed E-state index contributed by atoms with van der Waals surface area (Å²) < 4.78 is 11.2. The Balaban J connectivity index is 2.60. The van der Waals surface area contributed by atoms with Crippen LogP contribution in [0, 0.1) is 5.41 Å². The molecule has 1 unspecified atom stereocenters. The van der Waals surface area contributed by atoms with Crippen molar-refractivity contribution in [1.29, 1.82) is 0 Å². The van der Waals surface area contributed by atoms with Gasteiger partial charge in [-0.25, -0.2) is 0 Å². The van der Waals surface area contributed by atoms with Gasteiger partial charge >= 0.3 is 0 Å². The van der Waals surface area contributed by atoms with Crippen molar-refractivity contribution < 1.29 is 9.47 Å². The quantitative estimate of drug-likeness (QED) is 0.819. The molecule has 0 spiro atoms. The highest BCUT2D eigenvalue weighted by Gasteiger charge is 2.14. The number of nitrogens with one attached hydrogen (secondary N) is 1. The van der Waals surface area contributed by atoms with Gasteiger partial charge in [0.15, 0.2) is 0 Å². The van der Waals surface area contributed by atoms with Crippen molar-refractivity contribution in [2.75, 3.05) is 27.3 Å². The molecule has 0 radical (unpaired) electrons. The smallest absolute Gasteiger partial charge is 0.118 e. The zero-order valence-corrected chi connectivity index (χ0v) is 12.8. The van der Waals surface area contributed by atoms with Crippen LogP contribution in [-0.2, 0) is 4.74 Å². The number of hydrogen-bond acceptors (Lipinski definition) is 3. The van der Waals surface area contributed by atoms with E-state index in [1.807, 2.05) is 19.2 Å². The van der Waals surface area contributed by atoms with Crippen molar-refractivity contribution in [3.8, 4) is 5.75 Å². The molecule has 3 heteroatoms. The summed E-state index contributed by atoms with van der Waals surface area (Å²) in [5, 5.41) is 3.19. The molecule has 0 fully saturated rings. The van der Waals surface area contributed by atoms with Crippen LogP contribution in [0.3, 0.4) is 0 Å². The molecule has 1 aromatic carbocycles. The first-order valence-corrected chi connectivity index (χ1v) is 6.86. The third kappa shape index (κ3) is 6.08. The molecule has 0 heterocycles. The second kappa shape index (κ2) is 7.51. The molecule has 0 aliphatic heterocycles. The Morgan fingerprint density at radius 2 is 1.79 bits per heavy atom. The molecule has 0 aromatic heterocycles. The maximum absolute atomic E-state index is 6.01. The third-order valence-corrected chi connectivity index (χ3v) is 3.05. The summed E-state index contributed by atoms with van der Waals surface area (Å²) in [6.07, 6.45) is 1.15. The van der Waals surface area contributed by atoms with Gasteiger partial charge in [-0.1, -0.05) is 32.9 Å². The standard InChI is InChI=1S/C16H27NO2/c1-16(2,3)10-11-19-15(12-17-4)13-6-8-14(18-5)9-7-13/h6-9,15,17H,10-12H2,1-5H3. The molecule has 108 valence electrons. The van der Waals surface area contributed by atoms with Gasteiger partial charge in [0.2, 0.25) is 0 Å². The van der Waals surface area contributed by atoms with Crippen LogP contribution < -0.4 is 10.1 Å². The van der Waals surface area contributed by atoms with E-state index in [2.05, 4.69) is 38.2 Å². The zero-order valence-electron chi connectivity index (χ0n) is 12.8. The van der Waals surface area contributed by atoms with Crippen molar-refractivity contribution in [2.45, 2.75) is 33.3 Å². The molecular weight excluding hydrogens is 238 g/mol. The van der Waals surface area contributed by atoms with Crippen molar-refractivity contribution in [1.82, 2.24) is 5.32 Å². The Kier molecular flexibility index (Phi) is 6.32. The predicted molar refractivity (Wildman–Crippen MR) is 79.7 cm³/mol. The van der Waals surface area contributed by atoms with Crippen molar-refractivity contribution in [3.63, 3.8) is 0 Å². The van der Waals surface area contributed by atoms with E-state index in [0.717, 1.165) is 25.3 Å². The largest absolute Gasteiger partial charge is 0.497 e. The number of benzene rings is 1. The Bertz CT molecular complexity index is 354. The van der Waals surface area contributed by atoms with Gasteiger partial charge in [0.25, 0.3) is 0 Å². The molecule has 1 aromatic rings. The monoisotopic (exact) mass is 265 g/mol. The van der Waals surface area contributed by atoms with Crippen LogP contribution in [0.2, 0.25) is 0 Å². The average Bonchev–Trinajstić information content (AvgIpc) is 2.36. The van der Waals surface area contributed by atoms with Crippen LogP contribution in [0.4, 0.5) is 0 Å². The van der Waals surface area contributed by atoms with E-state index in [-0.39, 0.29) is 6.10 Å². The van der Waals surface area contributed by atoms with Crippen LogP contribution in [-0.4, -0.2) is 27.3 Å². The maximum Gasteiger partial charge on any atom is 0.118 e. The number of hydrogen-bond donors (Lipinski definition) is 1. The first-order chi connectivity index (χ1) is 8.96. The van der Waals surface area contributed by atoms with Gasteiger partial charge in [0.1, 0.15) is 5.75 Å². The third-order valence-electron chi connectivity index (χ3n) is 3.05. The summed E-state index contributed by atoms with van der Waals surface area (Å²) in [5.41, 5.74) is 1.49. The lowest BCUT2D eigenvalue weighted by atomic mass is 9.93.